The van der Waals surface area contributed by atoms with Crippen molar-refractivity contribution in [1.82, 2.24) is 15.5 Å². The first kappa shape index (κ1) is 21.9. The Bertz CT molecular complexity index is 559. The third-order valence-electron chi connectivity index (χ3n) is 5.09. The van der Waals surface area contributed by atoms with E-state index in [1.165, 1.54) is 38.5 Å². The lowest BCUT2D eigenvalue weighted by Gasteiger charge is -2.23. The second kappa shape index (κ2) is 10.8. The Hall–Kier alpha value is -1.43. The molecule has 1 heterocycles. The van der Waals surface area contributed by atoms with Gasteiger partial charge in [-0.1, -0.05) is 57.0 Å². The summed E-state index contributed by atoms with van der Waals surface area (Å²) in [6, 6.07) is 0. The molecular formula is C21H37N3O3. The van der Waals surface area contributed by atoms with Gasteiger partial charge in [-0.05, 0) is 39.7 Å². The van der Waals surface area contributed by atoms with E-state index in [1.807, 2.05) is 27.7 Å². The fraction of sp³-hybridized carbons (Fsp3) is 0.857. The summed E-state index contributed by atoms with van der Waals surface area (Å²) >= 11 is 0. The van der Waals surface area contributed by atoms with Gasteiger partial charge >= 0.3 is 5.97 Å². The Balaban J connectivity index is 1.94. The average Bonchev–Trinajstić information content (AvgIpc) is 3.07. The molecule has 0 aromatic carbocycles. The molecule has 6 heteroatoms. The first-order valence-electron chi connectivity index (χ1n) is 10.6. The van der Waals surface area contributed by atoms with Gasteiger partial charge in [-0.3, -0.25) is 4.79 Å². The minimum Gasteiger partial charge on any atom is -0.460 e. The standard InChI is InChI=1S/C21H37N3O3/c1-5-22-15-18-23-20(27-24-18)17(14-19(25)26-21(2,3)4)13-9-12-16-10-7-6-8-11-16/h16-17,22H,5-15H2,1-4H3/t17-/m1/s1. The first-order valence-corrected chi connectivity index (χ1v) is 10.6. The number of hydrogen-bond donors (Lipinski definition) is 1. The molecule has 1 atom stereocenters. The molecule has 1 aliphatic rings. The van der Waals surface area contributed by atoms with Crippen LogP contribution in [0.3, 0.4) is 0 Å². The highest BCUT2D eigenvalue weighted by Crippen LogP contribution is 2.31. The van der Waals surface area contributed by atoms with Crippen LogP contribution in [0.5, 0.6) is 0 Å². The summed E-state index contributed by atoms with van der Waals surface area (Å²) in [5, 5.41) is 7.25. The maximum atomic E-state index is 12.4. The Kier molecular flexibility index (Phi) is 8.74. The first-order chi connectivity index (χ1) is 12.9. The molecule has 0 saturated heterocycles. The summed E-state index contributed by atoms with van der Waals surface area (Å²) in [4.78, 5) is 16.9. The number of esters is 1. The van der Waals surface area contributed by atoms with Gasteiger partial charge in [0.15, 0.2) is 5.82 Å². The van der Waals surface area contributed by atoms with Crippen LogP contribution in [-0.4, -0.2) is 28.3 Å². The molecule has 1 fully saturated rings. The summed E-state index contributed by atoms with van der Waals surface area (Å²) in [5.41, 5.74) is -0.477. The molecule has 0 bridgehead atoms. The summed E-state index contributed by atoms with van der Waals surface area (Å²) < 4.78 is 11.0. The molecule has 154 valence electrons. The number of hydrogen-bond acceptors (Lipinski definition) is 6. The molecule has 0 unspecified atom stereocenters. The van der Waals surface area contributed by atoms with Crippen molar-refractivity contribution in [2.24, 2.45) is 5.92 Å². The highest BCUT2D eigenvalue weighted by molar-refractivity contribution is 5.70. The van der Waals surface area contributed by atoms with Crippen LogP contribution in [0.1, 0.15) is 103 Å². The van der Waals surface area contributed by atoms with E-state index in [1.54, 1.807) is 0 Å². The van der Waals surface area contributed by atoms with Crippen LogP contribution in [0.15, 0.2) is 4.52 Å². The van der Waals surface area contributed by atoms with E-state index < -0.39 is 5.60 Å². The Morgan fingerprint density at radius 1 is 1.30 bits per heavy atom. The Morgan fingerprint density at radius 3 is 2.70 bits per heavy atom. The van der Waals surface area contributed by atoms with Crippen LogP contribution in [0, 0.1) is 5.92 Å². The molecule has 0 aliphatic heterocycles. The van der Waals surface area contributed by atoms with Gasteiger partial charge in [0, 0.05) is 5.92 Å². The fourth-order valence-electron chi connectivity index (χ4n) is 3.77. The second-order valence-electron chi connectivity index (χ2n) is 8.75. The van der Waals surface area contributed by atoms with Gasteiger partial charge in [-0.25, -0.2) is 0 Å². The summed E-state index contributed by atoms with van der Waals surface area (Å²) in [6.45, 7) is 9.16. The van der Waals surface area contributed by atoms with E-state index in [4.69, 9.17) is 9.26 Å². The quantitative estimate of drug-likeness (QED) is 0.591. The second-order valence-corrected chi connectivity index (χ2v) is 8.75. The van der Waals surface area contributed by atoms with Gasteiger partial charge in [0.25, 0.3) is 0 Å². The monoisotopic (exact) mass is 379 g/mol. The van der Waals surface area contributed by atoms with Crippen LogP contribution >= 0.6 is 0 Å². The largest absolute Gasteiger partial charge is 0.460 e. The van der Waals surface area contributed by atoms with Crippen LogP contribution in [0.2, 0.25) is 0 Å². The molecule has 1 aliphatic carbocycles. The van der Waals surface area contributed by atoms with Gasteiger partial charge in [0.1, 0.15) is 5.60 Å². The average molecular weight is 380 g/mol. The summed E-state index contributed by atoms with van der Waals surface area (Å²) in [6.07, 6.45) is 10.3. The topological polar surface area (TPSA) is 77.2 Å². The maximum absolute atomic E-state index is 12.4. The Morgan fingerprint density at radius 2 is 2.04 bits per heavy atom. The van der Waals surface area contributed by atoms with Gasteiger partial charge in [0.05, 0.1) is 13.0 Å². The zero-order valence-corrected chi connectivity index (χ0v) is 17.6. The SMILES string of the molecule is CCNCc1noc([C@H](CCCC2CCCCC2)CC(=O)OC(C)(C)C)n1. The van der Waals surface area contributed by atoms with Crippen LogP contribution < -0.4 is 5.32 Å². The van der Waals surface area contributed by atoms with Crippen LogP contribution in [0.4, 0.5) is 0 Å². The van der Waals surface area contributed by atoms with Crippen LogP contribution in [0.25, 0.3) is 0 Å². The van der Waals surface area contributed by atoms with Gasteiger partial charge < -0.3 is 14.6 Å². The molecule has 1 aromatic heterocycles. The van der Waals surface area contributed by atoms with Crippen molar-refractivity contribution in [3.8, 4) is 0 Å². The van der Waals surface area contributed by atoms with E-state index in [2.05, 4.69) is 15.5 Å². The minimum atomic E-state index is -0.477. The van der Waals surface area contributed by atoms with Crippen molar-refractivity contribution in [2.75, 3.05) is 6.54 Å². The van der Waals surface area contributed by atoms with E-state index in [0.717, 1.165) is 25.3 Å². The normalized spacial score (nSPS) is 17.0. The Labute approximate surface area is 163 Å². The van der Waals surface area contributed by atoms with E-state index in [9.17, 15) is 4.79 Å². The fourth-order valence-corrected chi connectivity index (χ4v) is 3.77. The number of nitrogens with zero attached hydrogens (tertiary/aromatic N) is 2. The molecule has 1 saturated carbocycles. The molecule has 0 radical (unpaired) electrons. The van der Waals surface area contributed by atoms with E-state index in [-0.39, 0.29) is 11.9 Å². The molecular weight excluding hydrogens is 342 g/mol. The molecule has 0 amide bonds. The molecule has 0 spiro atoms. The lowest BCUT2D eigenvalue weighted by atomic mass is 9.84. The predicted octanol–water partition coefficient (Wildman–Crippen LogP) is 4.75. The number of ether oxygens (including phenoxy) is 1. The number of rotatable bonds is 10. The maximum Gasteiger partial charge on any atom is 0.307 e. The predicted molar refractivity (Wildman–Crippen MR) is 105 cm³/mol. The number of carbonyl (C=O) groups excluding carboxylic acids is 1. The third-order valence-corrected chi connectivity index (χ3v) is 5.09. The lowest BCUT2D eigenvalue weighted by molar-refractivity contribution is -0.155. The highest BCUT2D eigenvalue weighted by atomic mass is 16.6. The third kappa shape index (κ3) is 8.41. The number of aromatic nitrogens is 2. The van der Waals surface area contributed by atoms with Gasteiger partial charge in [0.2, 0.25) is 5.89 Å². The van der Waals surface area contributed by atoms with Crippen molar-refractivity contribution >= 4 is 5.97 Å². The summed E-state index contributed by atoms with van der Waals surface area (Å²) in [7, 11) is 0. The lowest BCUT2D eigenvalue weighted by Crippen LogP contribution is -2.25. The van der Waals surface area contributed by atoms with Gasteiger partial charge in [-0.15, -0.1) is 0 Å². The van der Waals surface area contributed by atoms with Crippen molar-refractivity contribution < 1.29 is 14.1 Å². The zero-order chi connectivity index (χ0) is 19.7. The van der Waals surface area contributed by atoms with E-state index >= 15 is 0 Å². The van der Waals surface area contributed by atoms with E-state index in [0.29, 0.717) is 24.7 Å². The van der Waals surface area contributed by atoms with Gasteiger partial charge in [-0.2, -0.15) is 4.98 Å². The molecule has 1 aromatic rings. The van der Waals surface area contributed by atoms with Crippen molar-refractivity contribution in [1.29, 1.82) is 0 Å². The molecule has 27 heavy (non-hydrogen) atoms. The van der Waals surface area contributed by atoms with Crippen molar-refractivity contribution in [2.45, 2.75) is 104 Å². The molecule has 2 rings (SSSR count). The van der Waals surface area contributed by atoms with Crippen molar-refractivity contribution in [3.63, 3.8) is 0 Å². The minimum absolute atomic E-state index is 0.0636. The number of nitrogens with one attached hydrogen (secondary N) is 1. The number of carbonyl (C=O) groups is 1. The summed E-state index contributed by atoms with van der Waals surface area (Å²) in [5.74, 6) is 1.79. The molecule has 1 N–H and O–H groups in total. The van der Waals surface area contributed by atoms with Crippen molar-refractivity contribution in [3.05, 3.63) is 11.7 Å². The highest BCUT2D eigenvalue weighted by Gasteiger charge is 2.26. The zero-order valence-electron chi connectivity index (χ0n) is 17.6. The van der Waals surface area contributed by atoms with Crippen LogP contribution in [-0.2, 0) is 16.1 Å². The smallest absolute Gasteiger partial charge is 0.307 e. The molecule has 6 nitrogen and oxygen atoms in total.